The molecule has 0 unspecified atom stereocenters. The van der Waals surface area contributed by atoms with Gasteiger partial charge in [-0.25, -0.2) is 10.2 Å². The molecule has 0 radical (unpaired) electrons. The Hall–Kier alpha value is -3.07. The highest BCUT2D eigenvalue weighted by atomic mass is 79.9. The van der Waals surface area contributed by atoms with Crippen LogP contribution >= 0.6 is 15.9 Å². The molecule has 30 heavy (non-hydrogen) atoms. The van der Waals surface area contributed by atoms with Crippen LogP contribution in [0, 0.1) is 0 Å². The summed E-state index contributed by atoms with van der Waals surface area (Å²) in [6.45, 7) is 4.20. The van der Waals surface area contributed by atoms with E-state index in [4.69, 9.17) is 18.9 Å². The maximum atomic E-state index is 12.2. The summed E-state index contributed by atoms with van der Waals surface area (Å²) >= 11 is 3.39. The van der Waals surface area contributed by atoms with Crippen molar-refractivity contribution in [3.63, 3.8) is 0 Å². The number of hydrogen-bond donors (Lipinski definition) is 1. The number of methoxy groups -OCH3 is 1. The van der Waals surface area contributed by atoms with E-state index in [9.17, 15) is 9.59 Å². The number of hydrogen-bond acceptors (Lipinski definition) is 7. The highest BCUT2D eigenvalue weighted by molar-refractivity contribution is 9.10. The summed E-state index contributed by atoms with van der Waals surface area (Å²) in [4.78, 5) is 23.7. The predicted octanol–water partition coefficient (Wildman–Crippen LogP) is 3.56. The van der Waals surface area contributed by atoms with Crippen LogP contribution in [0.5, 0.6) is 17.2 Å². The zero-order valence-corrected chi connectivity index (χ0v) is 18.5. The number of ether oxygens (including phenoxy) is 4. The van der Waals surface area contributed by atoms with Crippen molar-refractivity contribution in [2.45, 2.75) is 13.8 Å². The van der Waals surface area contributed by atoms with E-state index in [0.717, 1.165) is 0 Å². The molecule has 8 nitrogen and oxygen atoms in total. The SMILES string of the molecule is CCOC(=O)COc1c(Br)cc(/C=N\NC(=O)c2ccc(OCC)cc2)cc1OC. The Morgan fingerprint density at radius 3 is 2.47 bits per heavy atom. The lowest BCUT2D eigenvalue weighted by atomic mass is 10.2. The number of amides is 1. The van der Waals surface area contributed by atoms with Crippen LogP contribution in [0.1, 0.15) is 29.8 Å². The highest BCUT2D eigenvalue weighted by Crippen LogP contribution is 2.36. The maximum Gasteiger partial charge on any atom is 0.344 e. The van der Waals surface area contributed by atoms with Crippen LogP contribution < -0.4 is 19.6 Å². The van der Waals surface area contributed by atoms with Gasteiger partial charge in [-0.05, 0) is 71.7 Å². The molecule has 0 aliphatic heterocycles. The van der Waals surface area contributed by atoms with Gasteiger partial charge in [0.05, 0.1) is 31.0 Å². The number of rotatable bonds is 10. The molecular formula is C21H23BrN2O6. The maximum absolute atomic E-state index is 12.2. The Bertz CT molecular complexity index is 899. The molecule has 2 rings (SSSR count). The minimum absolute atomic E-state index is 0.242. The Morgan fingerprint density at radius 2 is 1.83 bits per heavy atom. The van der Waals surface area contributed by atoms with Crippen LogP contribution in [0.4, 0.5) is 0 Å². The van der Waals surface area contributed by atoms with E-state index in [2.05, 4.69) is 26.5 Å². The second-order valence-electron chi connectivity index (χ2n) is 5.78. The van der Waals surface area contributed by atoms with Gasteiger partial charge in [0, 0.05) is 5.56 Å². The fourth-order valence-corrected chi connectivity index (χ4v) is 2.96. The van der Waals surface area contributed by atoms with Gasteiger partial charge in [0.2, 0.25) is 0 Å². The normalized spacial score (nSPS) is 10.5. The molecule has 0 aliphatic carbocycles. The number of halogens is 1. The standard InChI is InChI=1S/C21H23BrN2O6/c1-4-28-16-8-6-15(7-9-16)21(26)24-23-12-14-10-17(22)20(18(11-14)27-3)30-13-19(25)29-5-2/h6-12H,4-5,13H2,1-3H3,(H,24,26)/b23-12-. The van der Waals surface area contributed by atoms with Crippen molar-refractivity contribution < 1.29 is 28.5 Å². The van der Waals surface area contributed by atoms with Gasteiger partial charge in [0.25, 0.3) is 5.91 Å². The molecule has 0 aliphatic rings. The lowest BCUT2D eigenvalue weighted by Gasteiger charge is -2.13. The lowest BCUT2D eigenvalue weighted by Crippen LogP contribution is -2.17. The van der Waals surface area contributed by atoms with Crippen molar-refractivity contribution in [2.75, 3.05) is 26.9 Å². The summed E-state index contributed by atoms with van der Waals surface area (Å²) in [5.41, 5.74) is 3.57. The first-order valence-electron chi connectivity index (χ1n) is 9.20. The summed E-state index contributed by atoms with van der Waals surface area (Å²) in [6, 6.07) is 10.1. The number of nitrogens with one attached hydrogen (secondary N) is 1. The van der Waals surface area contributed by atoms with Crippen LogP contribution in [0.3, 0.4) is 0 Å². The van der Waals surface area contributed by atoms with Crippen LogP contribution in [-0.4, -0.2) is 45.0 Å². The average Bonchev–Trinajstić information content (AvgIpc) is 2.73. The molecule has 9 heteroatoms. The Balaban J connectivity index is 2.03. The van der Waals surface area contributed by atoms with E-state index < -0.39 is 5.97 Å². The highest BCUT2D eigenvalue weighted by Gasteiger charge is 2.13. The lowest BCUT2D eigenvalue weighted by molar-refractivity contribution is -0.145. The molecule has 0 saturated heterocycles. The molecular weight excluding hydrogens is 456 g/mol. The number of benzene rings is 2. The summed E-state index contributed by atoms with van der Waals surface area (Å²) in [7, 11) is 1.48. The van der Waals surface area contributed by atoms with E-state index in [0.29, 0.717) is 39.5 Å². The number of nitrogens with zero attached hydrogens (tertiary/aromatic N) is 1. The van der Waals surface area contributed by atoms with Crippen LogP contribution in [0.15, 0.2) is 46.0 Å². The van der Waals surface area contributed by atoms with Crippen molar-refractivity contribution >= 4 is 34.0 Å². The molecule has 0 fully saturated rings. The van der Waals surface area contributed by atoms with Crippen LogP contribution in [0.25, 0.3) is 0 Å². The third-order valence-electron chi connectivity index (χ3n) is 3.70. The Morgan fingerprint density at radius 1 is 1.10 bits per heavy atom. The van der Waals surface area contributed by atoms with Crippen molar-refractivity contribution in [1.29, 1.82) is 0 Å². The zero-order chi connectivity index (χ0) is 21.9. The summed E-state index contributed by atoms with van der Waals surface area (Å²) in [5, 5.41) is 3.97. The fourth-order valence-electron chi connectivity index (χ4n) is 2.39. The molecule has 0 atom stereocenters. The van der Waals surface area contributed by atoms with Crippen molar-refractivity contribution in [3.05, 3.63) is 52.0 Å². The van der Waals surface area contributed by atoms with E-state index in [-0.39, 0.29) is 19.1 Å². The van der Waals surface area contributed by atoms with Gasteiger partial charge in [0.1, 0.15) is 5.75 Å². The van der Waals surface area contributed by atoms with Crippen LogP contribution in [0.2, 0.25) is 0 Å². The molecule has 2 aromatic rings. The van der Waals surface area contributed by atoms with Gasteiger partial charge < -0.3 is 18.9 Å². The summed E-state index contributed by atoms with van der Waals surface area (Å²) in [6.07, 6.45) is 1.47. The van der Waals surface area contributed by atoms with Gasteiger partial charge in [-0.1, -0.05) is 0 Å². The van der Waals surface area contributed by atoms with Crippen molar-refractivity contribution in [1.82, 2.24) is 5.43 Å². The van der Waals surface area contributed by atoms with E-state index >= 15 is 0 Å². The molecule has 0 spiro atoms. The Labute approximate surface area is 183 Å². The third-order valence-corrected chi connectivity index (χ3v) is 4.29. The number of carbonyl (C=O) groups excluding carboxylic acids is 2. The number of carbonyl (C=O) groups is 2. The van der Waals surface area contributed by atoms with Gasteiger partial charge >= 0.3 is 5.97 Å². The minimum atomic E-state index is -0.478. The molecule has 1 amide bonds. The largest absolute Gasteiger partial charge is 0.494 e. The van der Waals surface area contributed by atoms with E-state index in [1.807, 2.05) is 6.92 Å². The first-order chi connectivity index (χ1) is 14.5. The van der Waals surface area contributed by atoms with Crippen LogP contribution in [-0.2, 0) is 9.53 Å². The molecule has 0 saturated carbocycles. The second kappa shape index (κ2) is 11.8. The van der Waals surface area contributed by atoms with Gasteiger partial charge in [-0.15, -0.1) is 0 Å². The van der Waals surface area contributed by atoms with Crippen molar-refractivity contribution in [3.8, 4) is 17.2 Å². The van der Waals surface area contributed by atoms with Gasteiger partial charge in [-0.3, -0.25) is 4.79 Å². The minimum Gasteiger partial charge on any atom is -0.494 e. The fraction of sp³-hybridized carbons (Fsp3) is 0.286. The molecule has 1 N–H and O–H groups in total. The third kappa shape index (κ3) is 6.77. The average molecular weight is 479 g/mol. The van der Waals surface area contributed by atoms with E-state index in [1.165, 1.54) is 13.3 Å². The van der Waals surface area contributed by atoms with Gasteiger partial charge in [-0.2, -0.15) is 5.10 Å². The molecule has 2 aromatic carbocycles. The Kier molecular flexibility index (Phi) is 9.14. The zero-order valence-electron chi connectivity index (χ0n) is 16.9. The van der Waals surface area contributed by atoms with E-state index in [1.54, 1.807) is 43.3 Å². The number of esters is 1. The first kappa shape index (κ1) is 23.2. The molecule has 0 aromatic heterocycles. The summed E-state index contributed by atoms with van der Waals surface area (Å²) in [5.74, 6) is 0.623. The second-order valence-corrected chi connectivity index (χ2v) is 6.64. The first-order valence-corrected chi connectivity index (χ1v) is 10.00. The smallest absolute Gasteiger partial charge is 0.344 e. The predicted molar refractivity (Wildman–Crippen MR) is 115 cm³/mol. The topological polar surface area (TPSA) is 95.5 Å². The number of hydrazone groups is 1. The quantitative estimate of drug-likeness (QED) is 0.318. The molecule has 160 valence electrons. The molecule has 0 heterocycles. The monoisotopic (exact) mass is 478 g/mol. The summed E-state index contributed by atoms with van der Waals surface area (Å²) < 4.78 is 21.6. The molecule has 0 bridgehead atoms. The van der Waals surface area contributed by atoms with Crippen molar-refractivity contribution in [2.24, 2.45) is 5.10 Å². The van der Waals surface area contributed by atoms with Gasteiger partial charge in [0.15, 0.2) is 18.1 Å².